The molecule has 0 aliphatic carbocycles. The molecule has 0 amide bonds. The third-order valence-corrected chi connectivity index (χ3v) is 3.39. The van der Waals surface area contributed by atoms with Gasteiger partial charge in [0, 0.05) is 12.0 Å². The quantitative estimate of drug-likeness (QED) is 0.525. The standard InChI is InChI=1S/C16H17N5O3/c1-23-13(22)6-3-7-24-11-5-2-4-10(8-11)14-19-12-9-18-16(17)21-15(12)20-14/h2,4-5,8-9H,3,6-7H2,1H3,(H3,17,18,19,20,21). The van der Waals surface area contributed by atoms with Crippen LogP contribution in [0.1, 0.15) is 12.8 Å². The summed E-state index contributed by atoms with van der Waals surface area (Å²) >= 11 is 0. The highest BCUT2D eigenvalue weighted by molar-refractivity contribution is 5.76. The van der Waals surface area contributed by atoms with E-state index in [1.807, 2.05) is 24.3 Å². The lowest BCUT2D eigenvalue weighted by Crippen LogP contribution is -2.04. The number of nitrogens with one attached hydrogen (secondary N) is 1. The average molecular weight is 327 g/mol. The number of aromatic nitrogens is 4. The van der Waals surface area contributed by atoms with Gasteiger partial charge in [-0.2, -0.15) is 4.98 Å². The van der Waals surface area contributed by atoms with Crippen molar-refractivity contribution in [3.63, 3.8) is 0 Å². The third-order valence-electron chi connectivity index (χ3n) is 3.39. The van der Waals surface area contributed by atoms with Gasteiger partial charge in [0.15, 0.2) is 5.65 Å². The van der Waals surface area contributed by atoms with Gasteiger partial charge in [0.05, 0.1) is 19.9 Å². The smallest absolute Gasteiger partial charge is 0.305 e. The highest BCUT2D eigenvalue weighted by atomic mass is 16.5. The number of esters is 1. The molecule has 3 N–H and O–H groups in total. The summed E-state index contributed by atoms with van der Waals surface area (Å²) in [4.78, 5) is 26.6. The van der Waals surface area contributed by atoms with E-state index in [0.29, 0.717) is 42.2 Å². The minimum atomic E-state index is -0.241. The molecule has 0 unspecified atom stereocenters. The van der Waals surface area contributed by atoms with Crippen LogP contribution < -0.4 is 10.5 Å². The SMILES string of the molecule is COC(=O)CCCOc1cccc(-c2nc3nc(N)ncc3[nH]2)c1. The summed E-state index contributed by atoms with van der Waals surface area (Å²) in [6.07, 6.45) is 2.53. The van der Waals surface area contributed by atoms with Gasteiger partial charge in [0.25, 0.3) is 0 Å². The number of fused-ring (bicyclic) bond motifs is 1. The first-order valence-corrected chi connectivity index (χ1v) is 7.44. The molecule has 0 aliphatic rings. The molecule has 0 spiro atoms. The van der Waals surface area contributed by atoms with Crippen molar-refractivity contribution >= 4 is 23.1 Å². The lowest BCUT2D eigenvalue weighted by atomic mass is 10.2. The number of aromatic amines is 1. The first kappa shape index (κ1) is 15.7. The number of imidazole rings is 1. The van der Waals surface area contributed by atoms with E-state index in [-0.39, 0.29) is 11.9 Å². The number of ether oxygens (including phenoxy) is 2. The van der Waals surface area contributed by atoms with Gasteiger partial charge < -0.3 is 20.2 Å². The predicted octanol–water partition coefficient (Wildman–Crippen LogP) is 1.93. The molecule has 1 aromatic carbocycles. The number of nitrogen functional groups attached to an aromatic ring is 1. The maximum atomic E-state index is 11.1. The summed E-state index contributed by atoms with van der Waals surface area (Å²) in [5, 5.41) is 0. The number of benzene rings is 1. The van der Waals surface area contributed by atoms with Gasteiger partial charge in [-0.05, 0) is 18.6 Å². The summed E-state index contributed by atoms with van der Waals surface area (Å²) in [6, 6.07) is 7.50. The molecule has 8 heteroatoms. The van der Waals surface area contributed by atoms with E-state index in [1.165, 1.54) is 7.11 Å². The molecule has 0 saturated carbocycles. The molecule has 3 aromatic rings. The summed E-state index contributed by atoms with van der Waals surface area (Å²) in [6.45, 7) is 0.431. The third kappa shape index (κ3) is 3.60. The number of anilines is 1. The molecule has 0 fully saturated rings. The molecule has 0 aliphatic heterocycles. The first-order valence-electron chi connectivity index (χ1n) is 7.44. The van der Waals surface area contributed by atoms with E-state index in [9.17, 15) is 4.79 Å². The fourth-order valence-corrected chi connectivity index (χ4v) is 2.20. The second kappa shape index (κ2) is 6.95. The molecule has 24 heavy (non-hydrogen) atoms. The molecule has 0 saturated heterocycles. The summed E-state index contributed by atoms with van der Waals surface area (Å²) in [7, 11) is 1.37. The molecular weight excluding hydrogens is 310 g/mol. The topological polar surface area (TPSA) is 116 Å². The van der Waals surface area contributed by atoms with Gasteiger partial charge >= 0.3 is 5.97 Å². The lowest BCUT2D eigenvalue weighted by molar-refractivity contribution is -0.140. The summed E-state index contributed by atoms with van der Waals surface area (Å²) in [5.41, 5.74) is 7.65. The predicted molar refractivity (Wildman–Crippen MR) is 88.3 cm³/mol. The van der Waals surface area contributed by atoms with Crippen molar-refractivity contribution in [2.75, 3.05) is 19.5 Å². The van der Waals surface area contributed by atoms with Gasteiger partial charge in [0.1, 0.15) is 17.1 Å². The average Bonchev–Trinajstić information content (AvgIpc) is 3.02. The van der Waals surface area contributed by atoms with Gasteiger partial charge in [-0.3, -0.25) is 4.79 Å². The molecule has 2 heterocycles. The second-order valence-corrected chi connectivity index (χ2v) is 5.11. The Kier molecular flexibility index (Phi) is 4.55. The first-order chi connectivity index (χ1) is 11.7. The summed E-state index contributed by atoms with van der Waals surface area (Å²) < 4.78 is 10.2. The van der Waals surface area contributed by atoms with Crippen LogP contribution in [0.25, 0.3) is 22.6 Å². The van der Waals surface area contributed by atoms with Gasteiger partial charge in [-0.1, -0.05) is 12.1 Å². The van der Waals surface area contributed by atoms with E-state index in [2.05, 4.69) is 24.7 Å². The summed E-state index contributed by atoms with van der Waals surface area (Å²) in [5.74, 6) is 1.30. The van der Waals surface area contributed by atoms with Crippen LogP contribution >= 0.6 is 0 Å². The van der Waals surface area contributed by atoms with E-state index in [1.54, 1.807) is 6.20 Å². The number of methoxy groups -OCH3 is 1. The van der Waals surface area contributed by atoms with Crippen molar-refractivity contribution in [3.05, 3.63) is 30.5 Å². The largest absolute Gasteiger partial charge is 0.494 e. The van der Waals surface area contributed by atoms with E-state index in [0.717, 1.165) is 5.56 Å². The number of hydrogen-bond donors (Lipinski definition) is 2. The Morgan fingerprint density at radius 2 is 2.21 bits per heavy atom. The monoisotopic (exact) mass is 327 g/mol. The molecule has 0 bridgehead atoms. The van der Waals surface area contributed by atoms with Crippen LogP contribution in [-0.2, 0) is 9.53 Å². The second-order valence-electron chi connectivity index (χ2n) is 5.11. The van der Waals surface area contributed by atoms with Crippen LogP contribution in [0, 0.1) is 0 Å². The minimum absolute atomic E-state index is 0.184. The van der Waals surface area contributed by atoms with Crippen LogP contribution in [0.3, 0.4) is 0 Å². The zero-order valence-corrected chi connectivity index (χ0v) is 13.2. The van der Waals surface area contributed by atoms with Crippen LogP contribution in [0.5, 0.6) is 5.75 Å². The highest BCUT2D eigenvalue weighted by Crippen LogP contribution is 2.23. The Morgan fingerprint density at radius 1 is 1.33 bits per heavy atom. The number of nitrogens with two attached hydrogens (primary N) is 1. The van der Waals surface area contributed by atoms with Crippen molar-refractivity contribution < 1.29 is 14.3 Å². The highest BCUT2D eigenvalue weighted by Gasteiger charge is 2.08. The van der Waals surface area contributed by atoms with E-state index < -0.39 is 0 Å². The molecule has 0 atom stereocenters. The molecule has 0 radical (unpaired) electrons. The van der Waals surface area contributed by atoms with E-state index >= 15 is 0 Å². The Hall–Kier alpha value is -3.16. The molecule has 2 aromatic heterocycles. The Morgan fingerprint density at radius 3 is 3.04 bits per heavy atom. The molecule has 8 nitrogen and oxygen atoms in total. The van der Waals surface area contributed by atoms with Crippen molar-refractivity contribution in [1.82, 2.24) is 19.9 Å². The van der Waals surface area contributed by atoms with Crippen LogP contribution in [0.4, 0.5) is 5.95 Å². The fraction of sp³-hybridized carbons (Fsp3) is 0.250. The minimum Gasteiger partial charge on any atom is -0.494 e. The Balaban J connectivity index is 1.71. The van der Waals surface area contributed by atoms with Gasteiger partial charge in [-0.25, -0.2) is 9.97 Å². The maximum absolute atomic E-state index is 11.1. The number of H-pyrrole nitrogens is 1. The number of hydrogen-bond acceptors (Lipinski definition) is 7. The fourth-order valence-electron chi connectivity index (χ4n) is 2.20. The lowest BCUT2D eigenvalue weighted by Gasteiger charge is -2.06. The number of carbonyl (C=O) groups excluding carboxylic acids is 1. The Bertz CT molecular complexity index is 862. The zero-order chi connectivity index (χ0) is 16.9. The molecular formula is C16H17N5O3. The number of rotatable bonds is 6. The zero-order valence-electron chi connectivity index (χ0n) is 13.2. The van der Waals surface area contributed by atoms with Gasteiger partial charge in [0.2, 0.25) is 5.95 Å². The van der Waals surface area contributed by atoms with Crippen LogP contribution in [0.2, 0.25) is 0 Å². The number of nitrogens with zero attached hydrogens (tertiary/aromatic N) is 3. The Labute approximate surface area is 138 Å². The van der Waals surface area contributed by atoms with E-state index in [4.69, 9.17) is 10.5 Å². The normalized spacial score (nSPS) is 10.7. The molecule has 3 rings (SSSR count). The van der Waals surface area contributed by atoms with Crippen molar-refractivity contribution in [3.8, 4) is 17.1 Å². The van der Waals surface area contributed by atoms with Crippen LogP contribution in [-0.4, -0.2) is 39.6 Å². The number of carbonyl (C=O) groups is 1. The van der Waals surface area contributed by atoms with Crippen LogP contribution in [0.15, 0.2) is 30.5 Å². The van der Waals surface area contributed by atoms with Crippen molar-refractivity contribution in [2.45, 2.75) is 12.8 Å². The maximum Gasteiger partial charge on any atom is 0.305 e. The van der Waals surface area contributed by atoms with Gasteiger partial charge in [-0.15, -0.1) is 0 Å². The van der Waals surface area contributed by atoms with Crippen molar-refractivity contribution in [1.29, 1.82) is 0 Å². The molecule has 124 valence electrons. The van der Waals surface area contributed by atoms with Crippen molar-refractivity contribution in [2.24, 2.45) is 0 Å².